The zero-order valence-electron chi connectivity index (χ0n) is 10.6. The Balaban J connectivity index is 2.05. The first-order valence-corrected chi connectivity index (χ1v) is 7.47. The van der Waals surface area contributed by atoms with E-state index in [1.807, 2.05) is 0 Å². The second kappa shape index (κ2) is 6.35. The second-order valence-corrected chi connectivity index (χ2v) is 6.09. The molecule has 0 radical (unpaired) electrons. The van der Waals surface area contributed by atoms with Gasteiger partial charge >= 0.3 is 0 Å². The lowest BCUT2D eigenvalue weighted by molar-refractivity contribution is 0.0957. The number of carbonyl (C=O) groups excluding carboxylic acids is 1. The molecule has 0 aliphatic carbocycles. The number of thiophene rings is 1. The summed E-state index contributed by atoms with van der Waals surface area (Å²) < 4.78 is 13.9. The third-order valence-electron chi connectivity index (χ3n) is 2.79. The Morgan fingerprint density at radius 3 is 3.00 bits per heavy atom. The molecule has 0 saturated carbocycles. The highest BCUT2D eigenvalue weighted by Gasteiger charge is 2.12. The Kier molecular flexibility index (Phi) is 4.77. The molecule has 1 heterocycles. The Labute approximate surface area is 120 Å². The number of halogens is 2. The first-order chi connectivity index (χ1) is 9.10. The fourth-order valence-electron chi connectivity index (χ4n) is 1.82. The summed E-state index contributed by atoms with van der Waals surface area (Å²) in [6, 6.07) is 6.29. The maximum atomic E-state index is 13.1. The molecule has 2 aromatic rings. The summed E-state index contributed by atoms with van der Waals surface area (Å²) in [5, 5.41) is 3.65. The monoisotopic (exact) mass is 299 g/mol. The third-order valence-corrected chi connectivity index (χ3v) is 4.26. The molecule has 102 valence electrons. The summed E-state index contributed by atoms with van der Waals surface area (Å²) in [4.78, 5) is 12.5. The van der Waals surface area contributed by atoms with Crippen molar-refractivity contribution in [3.05, 3.63) is 35.0 Å². The van der Waals surface area contributed by atoms with E-state index in [2.05, 4.69) is 12.2 Å². The topological polar surface area (TPSA) is 29.1 Å². The lowest BCUT2D eigenvalue weighted by Crippen LogP contribution is -2.29. The van der Waals surface area contributed by atoms with Crippen LogP contribution in [0, 0.1) is 5.82 Å². The predicted molar refractivity (Wildman–Crippen MR) is 78.7 cm³/mol. The molecule has 1 N–H and O–H groups in total. The summed E-state index contributed by atoms with van der Waals surface area (Å²) in [5.74, 6) is -0.437. The Bertz CT molecular complexity index is 584. The van der Waals surface area contributed by atoms with Crippen molar-refractivity contribution in [1.82, 2.24) is 5.32 Å². The van der Waals surface area contributed by atoms with Gasteiger partial charge in [0.2, 0.25) is 0 Å². The van der Waals surface area contributed by atoms with Crippen LogP contribution in [0.15, 0.2) is 24.3 Å². The fraction of sp³-hybridized carbons (Fsp3) is 0.357. The molecular weight excluding hydrogens is 285 g/mol. The quantitative estimate of drug-likeness (QED) is 0.825. The molecule has 0 aliphatic heterocycles. The standard InChI is InChI=1S/C14H15ClFNOS/c1-2-3-10(15)8-17-14(18)13-6-9-4-5-11(16)7-12(9)19-13/h4-7,10H,2-3,8H2,1H3,(H,17,18). The molecule has 0 bridgehead atoms. The van der Waals surface area contributed by atoms with E-state index in [9.17, 15) is 9.18 Å². The largest absolute Gasteiger partial charge is 0.350 e. The lowest BCUT2D eigenvalue weighted by atomic mass is 10.2. The van der Waals surface area contributed by atoms with E-state index in [0.717, 1.165) is 22.9 Å². The van der Waals surface area contributed by atoms with Gasteiger partial charge in [0.05, 0.1) is 10.3 Å². The van der Waals surface area contributed by atoms with E-state index in [0.29, 0.717) is 11.4 Å². The van der Waals surface area contributed by atoms with Gasteiger partial charge < -0.3 is 5.32 Å². The maximum absolute atomic E-state index is 13.1. The molecule has 0 fully saturated rings. The van der Waals surface area contributed by atoms with Gasteiger partial charge in [-0.3, -0.25) is 4.79 Å². The highest BCUT2D eigenvalue weighted by atomic mass is 35.5. The number of benzene rings is 1. The van der Waals surface area contributed by atoms with E-state index in [4.69, 9.17) is 11.6 Å². The van der Waals surface area contributed by atoms with Crippen LogP contribution in [0.2, 0.25) is 0 Å². The average molecular weight is 300 g/mol. The molecule has 1 aromatic carbocycles. The molecule has 0 saturated heterocycles. The number of alkyl halides is 1. The van der Waals surface area contributed by atoms with Gasteiger partial charge in [0.25, 0.3) is 5.91 Å². The van der Waals surface area contributed by atoms with Gasteiger partial charge in [-0.05, 0) is 30.0 Å². The Morgan fingerprint density at radius 2 is 2.26 bits per heavy atom. The minimum atomic E-state index is -0.287. The van der Waals surface area contributed by atoms with Crippen molar-refractivity contribution in [2.24, 2.45) is 0 Å². The van der Waals surface area contributed by atoms with Crippen molar-refractivity contribution >= 4 is 38.9 Å². The minimum absolute atomic E-state index is 0.0410. The van der Waals surface area contributed by atoms with E-state index in [1.54, 1.807) is 12.1 Å². The molecule has 1 amide bonds. The van der Waals surface area contributed by atoms with Crippen molar-refractivity contribution in [3.8, 4) is 0 Å². The van der Waals surface area contributed by atoms with Gasteiger partial charge in [-0.25, -0.2) is 4.39 Å². The minimum Gasteiger partial charge on any atom is -0.350 e. The van der Waals surface area contributed by atoms with E-state index in [-0.39, 0.29) is 17.1 Å². The van der Waals surface area contributed by atoms with E-state index in [1.165, 1.54) is 23.5 Å². The number of amides is 1. The van der Waals surface area contributed by atoms with Crippen LogP contribution in [0.25, 0.3) is 10.1 Å². The number of carbonyl (C=O) groups is 1. The smallest absolute Gasteiger partial charge is 0.261 e. The molecule has 1 aromatic heterocycles. The summed E-state index contributed by atoms with van der Waals surface area (Å²) >= 11 is 7.34. The highest BCUT2D eigenvalue weighted by molar-refractivity contribution is 7.20. The maximum Gasteiger partial charge on any atom is 0.261 e. The molecule has 2 nitrogen and oxygen atoms in total. The van der Waals surface area contributed by atoms with Crippen LogP contribution in [-0.2, 0) is 0 Å². The van der Waals surface area contributed by atoms with Gasteiger partial charge in [-0.1, -0.05) is 19.4 Å². The van der Waals surface area contributed by atoms with Gasteiger partial charge in [-0.15, -0.1) is 22.9 Å². The van der Waals surface area contributed by atoms with Crippen molar-refractivity contribution in [2.45, 2.75) is 25.1 Å². The van der Waals surface area contributed by atoms with Crippen LogP contribution >= 0.6 is 22.9 Å². The lowest BCUT2D eigenvalue weighted by Gasteiger charge is -2.08. The van der Waals surface area contributed by atoms with Crippen molar-refractivity contribution in [1.29, 1.82) is 0 Å². The number of nitrogens with one attached hydrogen (secondary N) is 1. The molecule has 19 heavy (non-hydrogen) atoms. The van der Waals surface area contributed by atoms with Crippen molar-refractivity contribution < 1.29 is 9.18 Å². The number of fused-ring (bicyclic) bond motifs is 1. The summed E-state index contributed by atoms with van der Waals surface area (Å²) in [6.45, 7) is 2.51. The molecule has 5 heteroatoms. The van der Waals surface area contributed by atoms with Crippen LogP contribution < -0.4 is 5.32 Å². The van der Waals surface area contributed by atoms with Gasteiger partial charge in [0, 0.05) is 11.2 Å². The summed E-state index contributed by atoms with van der Waals surface area (Å²) in [7, 11) is 0. The van der Waals surface area contributed by atoms with Crippen LogP contribution in [0.5, 0.6) is 0 Å². The molecule has 2 rings (SSSR count). The van der Waals surface area contributed by atoms with Gasteiger partial charge in [0.15, 0.2) is 0 Å². The van der Waals surface area contributed by atoms with Crippen molar-refractivity contribution in [3.63, 3.8) is 0 Å². The molecule has 1 unspecified atom stereocenters. The Morgan fingerprint density at radius 1 is 1.47 bits per heavy atom. The van der Waals surface area contributed by atoms with Crippen LogP contribution in [0.4, 0.5) is 4.39 Å². The highest BCUT2D eigenvalue weighted by Crippen LogP contribution is 2.26. The SMILES string of the molecule is CCCC(Cl)CNC(=O)c1cc2ccc(F)cc2s1. The van der Waals surface area contributed by atoms with Gasteiger partial charge in [-0.2, -0.15) is 0 Å². The molecule has 0 aliphatic rings. The number of rotatable bonds is 5. The summed E-state index contributed by atoms with van der Waals surface area (Å²) in [5.41, 5.74) is 0. The Hall–Kier alpha value is -1.13. The van der Waals surface area contributed by atoms with Crippen LogP contribution in [-0.4, -0.2) is 17.8 Å². The predicted octanol–water partition coefficient (Wildman–Crippen LogP) is 4.18. The fourth-order valence-corrected chi connectivity index (χ4v) is 3.12. The third kappa shape index (κ3) is 3.67. The second-order valence-electron chi connectivity index (χ2n) is 4.39. The first-order valence-electron chi connectivity index (χ1n) is 6.21. The average Bonchev–Trinajstić information content (AvgIpc) is 2.79. The first kappa shape index (κ1) is 14.3. The van der Waals surface area contributed by atoms with E-state index < -0.39 is 0 Å². The zero-order chi connectivity index (χ0) is 13.8. The molecular formula is C14H15ClFNOS. The van der Waals surface area contributed by atoms with Crippen LogP contribution in [0.1, 0.15) is 29.4 Å². The molecule has 1 atom stereocenters. The number of hydrogen-bond acceptors (Lipinski definition) is 2. The normalized spacial score (nSPS) is 12.6. The van der Waals surface area contributed by atoms with Gasteiger partial charge in [0.1, 0.15) is 5.82 Å². The van der Waals surface area contributed by atoms with Crippen molar-refractivity contribution in [2.75, 3.05) is 6.54 Å². The zero-order valence-corrected chi connectivity index (χ0v) is 12.2. The van der Waals surface area contributed by atoms with E-state index >= 15 is 0 Å². The van der Waals surface area contributed by atoms with Crippen LogP contribution in [0.3, 0.4) is 0 Å². The molecule has 0 spiro atoms. The number of hydrogen-bond donors (Lipinski definition) is 1. The summed E-state index contributed by atoms with van der Waals surface area (Å²) in [6.07, 6.45) is 1.87.